The Morgan fingerprint density at radius 2 is 2.05 bits per heavy atom. The van der Waals surface area contributed by atoms with E-state index in [2.05, 4.69) is 5.32 Å². The van der Waals surface area contributed by atoms with Crippen LogP contribution in [0, 0.1) is 0 Å². The normalized spacial score (nSPS) is 16.9. The molecule has 0 aromatic heterocycles. The first-order valence-electron chi connectivity index (χ1n) is 5.82. The molecule has 7 nitrogen and oxygen atoms in total. The minimum absolute atomic E-state index is 0.0831. The number of hydrogen-bond donors (Lipinski definition) is 3. The Morgan fingerprint density at radius 3 is 2.74 bits per heavy atom. The summed E-state index contributed by atoms with van der Waals surface area (Å²) in [5, 5.41) is 7.85. The van der Waals surface area contributed by atoms with Crippen LogP contribution in [0.2, 0.25) is 0 Å². The van der Waals surface area contributed by atoms with E-state index in [1.165, 1.54) is 6.07 Å². The number of primary sulfonamides is 1. The Kier molecular flexibility index (Phi) is 3.63. The Balaban J connectivity index is 2.42. The number of para-hydroxylation sites is 1. The summed E-state index contributed by atoms with van der Waals surface area (Å²) in [4.78, 5) is 13.2. The van der Waals surface area contributed by atoms with Gasteiger partial charge in [-0.25, -0.2) is 13.6 Å². The molecule has 0 aliphatic carbocycles. The molecule has 1 aromatic carbocycles. The predicted molar refractivity (Wildman–Crippen MR) is 72.1 cm³/mol. The number of rotatable bonds is 2. The maximum absolute atomic E-state index is 11.5. The number of anilines is 2. The first-order valence-corrected chi connectivity index (χ1v) is 7.37. The van der Waals surface area contributed by atoms with E-state index in [0.717, 1.165) is 6.42 Å². The molecule has 0 spiro atoms. The van der Waals surface area contributed by atoms with Crippen LogP contribution in [-0.2, 0) is 14.8 Å². The molecule has 1 aliphatic heterocycles. The van der Waals surface area contributed by atoms with Gasteiger partial charge in [-0.15, -0.1) is 0 Å². The van der Waals surface area contributed by atoms with Gasteiger partial charge in [-0.3, -0.25) is 4.79 Å². The van der Waals surface area contributed by atoms with Gasteiger partial charge < -0.3 is 16.0 Å². The van der Waals surface area contributed by atoms with Crippen molar-refractivity contribution in [2.24, 2.45) is 5.14 Å². The van der Waals surface area contributed by atoms with Gasteiger partial charge in [-0.2, -0.15) is 0 Å². The van der Waals surface area contributed by atoms with E-state index in [-0.39, 0.29) is 23.0 Å². The quantitative estimate of drug-likeness (QED) is 0.617. The Hall–Kier alpha value is -1.80. The van der Waals surface area contributed by atoms with Crippen LogP contribution >= 0.6 is 0 Å². The molecule has 5 N–H and O–H groups in total. The number of amides is 1. The van der Waals surface area contributed by atoms with Gasteiger partial charge in [0.25, 0.3) is 0 Å². The second-order valence-electron chi connectivity index (χ2n) is 4.36. The van der Waals surface area contributed by atoms with Crippen molar-refractivity contribution in [1.29, 1.82) is 0 Å². The number of benzene rings is 1. The summed E-state index contributed by atoms with van der Waals surface area (Å²) in [6.45, 7) is 1.37. The van der Waals surface area contributed by atoms with Crippen LogP contribution in [0.5, 0.6) is 0 Å². The van der Waals surface area contributed by atoms with Crippen LogP contribution in [0.1, 0.15) is 6.42 Å². The molecule has 0 unspecified atom stereocenters. The van der Waals surface area contributed by atoms with Crippen LogP contribution in [0.4, 0.5) is 11.4 Å². The number of carbonyl (C=O) groups excluding carboxylic acids is 1. The monoisotopic (exact) mass is 284 g/mol. The SMILES string of the molecule is Nc1c(N2CCCNC(=O)C2)cccc1S(N)(=O)=O. The van der Waals surface area contributed by atoms with E-state index >= 15 is 0 Å². The summed E-state index contributed by atoms with van der Waals surface area (Å²) in [6.07, 6.45) is 0.769. The number of sulfonamides is 1. The molecule has 1 aliphatic rings. The molecule has 104 valence electrons. The molecular weight excluding hydrogens is 268 g/mol. The van der Waals surface area contributed by atoms with Crippen molar-refractivity contribution >= 4 is 27.3 Å². The molecule has 1 amide bonds. The topological polar surface area (TPSA) is 119 Å². The lowest BCUT2D eigenvalue weighted by atomic mass is 10.2. The summed E-state index contributed by atoms with van der Waals surface area (Å²) in [5.41, 5.74) is 6.46. The summed E-state index contributed by atoms with van der Waals surface area (Å²) in [5.74, 6) is -0.113. The van der Waals surface area contributed by atoms with Gasteiger partial charge in [0.1, 0.15) is 4.90 Å². The second-order valence-corrected chi connectivity index (χ2v) is 5.89. The van der Waals surface area contributed by atoms with Gasteiger partial charge in [-0.1, -0.05) is 6.07 Å². The molecule has 1 heterocycles. The first kappa shape index (κ1) is 13.6. The number of nitrogens with one attached hydrogen (secondary N) is 1. The van der Waals surface area contributed by atoms with E-state index in [0.29, 0.717) is 18.8 Å². The van der Waals surface area contributed by atoms with Gasteiger partial charge in [0.2, 0.25) is 15.9 Å². The number of nitrogen functional groups attached to an aromatic ring is 1. The minimum Gasteiger partial charge on any atom is -0.396 e. The smallest absolute Gasteiger partial charge is 0.240 e. The van der Waals surface area contributed by atoms with Crippen LogP contribution in [0.25, 0.3) is 0 Å². The molecular formula is C11H16N4O3S. The molecule has 0 saturated carbocycles. The third-order valence-electron chi connectivity index (χ3n) is 2.95. The van der Waals surface area contributed by atoms with Crippen LogP contribution < -0.4 is 21.1 Å². The predicted octanol–water partition coefficient (Wildman–Crippen LogP) is -0.757. The Morgan fingerprint density at radius 1 is 1.32 bits per heavy atom. The van der Waals surface area contributed by atoms with E-state index in [4.69, 9.17) is 10.9 Å². The van der Waals surface area contributed by atoms with Crippen molar-refractivity contribution in [2.45, 2.75) is 11.3 Å². The molecule has 1 fully saturated rings. The fraction of sp³-hybridized carbons (Fsp3) is 0.364. The highest BCUT2D eigenvalue weighted by atomic mass is 32.2. The summed E-state index contributed by atoms with van der Waals surface area (Å²) >= 11 is 0. The molecule has 0 atom stereocenters. The average Bonchev–Trinajstić information content (AvgIpc) is 2.52. The van der Waals surface area contributed by atoms with Gasteiger partial charge in [-0.05, 0) is 18.6 Å². The zero-order chi connectivity index (χ0) is 14.0. The highest BCUT2D eigenvalue weighted by Crippen LogP contribution is 2.29. The standard InChI is InChI=1S/C11H16N4O3S/c12-11-8(3-1-4-9(11)19(13,17)18)15-6-2-5-14-10(16)7-15/h1,3-4H,2,5-7,12H2,(H,14,16)(H2,13,17,18). The van der Waals surface area contributed by atoms with E-state index in [9.17, 15) is 13.2 Å². The van der Waals surface area contributed by atoms with Crippen molar-refractivity contribution in [3.63, 3.8) is 0 Å². The number of nitrogens with zero attached hydrogens (tertiary/aromatic N) is 1. The third-order valence-corrected chi connectivity index (χ3v) is 3.92. The molecule has 1 saturated heterocycles. The molecule has 0 bridgehead atoms. The third kappa shape index (κ3) is 2.96. The Labute approximate surface area is 111 Å². The van der Waals surface area contributed by atoms with E-state index in [1.54, 1.807) is 17.0 Å². The fourth-order valence-electron chi connectivity index (χ4n) is 2.07. The van der Waals surface area contributed by atoms with Gasteiger partial charge >= 0.3 is 0 Å². The lowest BCUT2D eigenvalue weighted by Crippen LogP contribution is -2.33. The fourth-order valence-corrected chi connectivity index (χ4v) is 2.75. The van der Waals surface area contributed by atoms with Crippen molar-refractivity contribution in [1.82, 2.24) is 5.32 Å². The molecule has 2 rings (SSSR count). The maximum atomic E-state index is 11.5. The molecule has 0 radical (unpaired) electrons. The van der Waals surface area contributed by atoms with Crippen molar-refractivity contribution in [2.75, 3.05) is 30.3 Å². The zero-order valence-electron chi connectivity index (χ0n) is 10.3. The summed E-state index contributed by atoms with van der Waals surface area (Å²) in [7, 11) is -3.87. The largest absolute Gasteiger partial charge is 0.396 e. The maximum Gasteiger partial charge on any atom is 0.240 e. The first-order chi connectivity index (χ1) is 8.89. The lowest BCUT2D eigenvalue weighted by molar-refractivity contribution is -0.119. The van der Waals surface area contributed by atoms with Gasteiger partial charge in [0.15, 0.2) is 0 Å². The molecule has 8 heteroatoms. The average molecular weight is 284 g/mol. The van der Waals surface area contributed by atoms with Crippen LogP contribution in [0.15, 0.2) is 23.1 Å². The molecule has 19 heavy (non-hydrogen) atoms. The van der Waals surface area contributed by atoms with Crippen molar-refractivity contribution in [3.8, 4) is 0 Å². The van der Waals surface area contributed by atoms with Gasteiger partial charge in [0.05, 0.1) is 17.9 Å². The number of nitrogens with two attached hydrogens (primary N) is 2. The Bertz CT molecular complexity index is 600. The molecule has 1 aromatic rings. The highest BCUT2D eigenvalue weighted by molar-refractivity contribution is 7.89. The highest BCUT2D eigenvalue weighted by Gasteiger charge is 2.21. The van der Waals surface area contributed by atoms with E-state index in [1.807, 2.05) is 0 Å². The second kappa shape index (κ2) is 5.06. The van der Waals surface area contributed by atoms with Crippen LogP contribution in [-0.4, -0.2) is 34.0 Å². The van der Waals surface area contributed by atoms with Gasteiger partial charge in [0, 0.05) is 13.1 Å². The van der Waals surface area contributed by atoms with Crippen molar-refractivity contribution in [3.05, 3.63) is 18.2 Å². The number of hydrogen-bond acceptors (Lipinski definition) is 5. The van der Waals surface area contributed by atoms with Crippen molar-refractivity contribution < 1.29 is 13.2 Å². The number of carbonyl (C=O) groups is 1. The lowest BCUT2D eigenvalue weighted by Gasteiger charge is -2.23. The minimum atomic E-state index is -3.87. The summed E-state index contributed by atoms with van der Waals surface area (Å²) in [6, 6.07) is 4.60. The van der Waals surface area contributed by atoms with Crippen LogP contribution in [0.3, 0.4) is 0 Å². The van der Waals surface area contributed by atoms with E-state index < -0.39 is 10.0 Å². The zero-order valence-corrected chi connectivity index (χ0v) is 11.1. The summed E-state index contributed by atoms with van der Waals surface area (Å²) < 4.78 is 22.8.